The number of hydrogen-bond acceptors (Lipinski definition) is 4. The van der Waals surface area contributed by atoms with Gasteiger partial charge in [-0.2, -0.15) is 0 Å². The van der Waals surface area contributed by atoms with Gasteiger partial charge in [-0.1, -0.05) is 0 Å². The average Bonchev–Trinajstić information content (AvgIpc) is 3.15. The lowest BCUT2D eigenvalue weighted by Gasteiger charge is -2.08. The molecule has 0 aliphatic carbocycles. The molecule has 0 spiro atoms. The molecule has 0 bridgehead atoms. The molecule has 132 valence electrons. The van der Waals surface area contributed by atoms with Gasteiger partial charge in [0.15, 0.2) is 5.13 Å². The van der Waals surface area contributed by atoms with Gasteiger partial charge in [0.1, 0.15) is 11.6 Å². The van der Waals surface area contributed by atoms with Crippen LogP contribution in [0.4, 0.5) is 18.7 Å². The molecule has 1 aliphatic rings. The van der Waals surface area contributed by atoms with Crippen molar-refractivity contribution < 1.29 is 18.4 Å². The standard InChI is InChI=1S/C16H16F2N4O2S/c17-11-5-10(6-12(18)7-11)1-2-19-14(23)8-13-9-25-16(21-13)22-4-3-20-15(22)24/h5-7,9H,1-4,8H2,(H,19,23)(H,20,24). The van der Waals surface area contributed by atoms with Crippen LogP contribution in [0, 0.1) is 11.6 Å². The van der Waals surface area contributed by atoms with Crippen molar-refractivity contribution >= 4 is 28.4 Å². The number of carbonyl (C=O) groups is 2. The quantitative estimate of drug-likeness (QED) is 0.819. The summed E-state index contributed by atoms with van der Waals surface area (Å²) in [5.74, 6) is -1.51. The van der Waals surface area contributed by atoms with Crippen molar-refractivity contribution in [2.45, 2.75) is 12.8 Å². The van der Waals surface area contributed by atoms with Crippen molar-refractivity contribution in [3.05, 3.63) is 46.5 Å². The highest BCUT2D eigenvalue weighted by atomic mass is 32.1. The number of carbonyl (C=O) groups excluding carboxylic acids is 2. The van der Waals surface area contributed by atoms with Gasteiger partial charge in [0.25, 0.3) is 0 Å². The number of halogens is 2. The molecule has 0 unspecified atom stereocenters. The van der Waals surface area contributed by atoms with Crippen molar-refractivity contribution in [2.75, 3.05) is 24.5 Å². The fourth-order valence-electron chi connectivity index (χ4n) is 2.48. The fraction of sp³-hybridized carbons (Fsp3) is 0.312. The number of benzene rings is 1. The molecule has 1 saturated heterocycles. The molecule has 1 aromatic carbocycles. The van der Waals surface area contributed by atoms with Crippen LogP contribution in [0.1, 0.15) is 11.3 Å². The number of rotatable bonds is 6. The van der Waals surface area contributed by atoms with E-state index in [0.717, 1.165) is 6.07 Å². The molecule has 2 heterocycles. The molecule has 1 aromatic heterocycles. The zero-order valence-corrected chi connectivity index (χ0v) is 14.0. The van der Waals surface area contributed by atoms with Gasteiger partial charge in [0.05, 0.1) is 12.1 Å². The number of nitrogens with zero attached hydrogens (tertiary/aromatic N) is 2. The Bertz CT molecular complexity index is 776. The SMILES string of the molecule is O=C(Cc1csc(N2CCNC2=O)n1)NCCc1cc(F)cc(F)c1. The zero-order chi connectivity index (χ0) is 17.8. The van der Waals surface area contributed by atoms with E-state index in [1.54, 1.807) is 5.38 Å². The van der Waals surface area contributed by atoms with Gasteiger partial charge in [-0.05, 0) is 24.1 Å². The predicted molar refractivity (Wildman–Crippen MR) is 89.6 cm³/mol. The molecule has 1 fully saturated rings. The number of thiazole rings is 1. The van der Waals surface area contributed by atoms with Gasteiger partial charge in [-0.3, -0.25) is 9.69 Å². The second kappa shape index (κ2) is 7.56. The summed E-state index contributed by atoms with van der Waals surface area (Å²) in [7, 11) is 0. The zero-order valence-electron chi connectivity index (χ0n) is 13.2. The summed E-state index contributed by atoms with van der Waals surface area (Å²) in [5.41, 5.74) is 1.06. The average molecular weight is 366 g/mol. The van der Waals surface area contributed by atoms with Gasteiger partial charge < -0.3 is 10.6 Å². The van der Waals surface area contributed by atoms with Crippen molar-refractivity contribution in [2.24, 2.45) is 0 Å². The van der Waals surface area contributed by atoms with E-state index in [9.17, 15) is 18.4 Å². The molecule has 2 N–H and O–H groups in total. The predicted octanol–water partition coefficient (Wildman–Crippen LogP) is 1.85. The molecular formula is C16H16F2N4O2S. The summed E-state index contributed by atoms with van der Waals surface area (Å²) in [4.78, 5) is 29.4. The van der Waals surface area contributed by atoms with Gasteiger partial charge in [0, 0.05) is 31.1 Å². The first-order valence-corrected chi connectivity index (χ1v) is 8.60. The van der Waals surface area contributed by atoms with Crippen molar-refractivity contribution in [1.29, 1.82) is 0 Å². The molecule has 3 amide bonds. The van der Waals surface area contributed by atoms with E-state index in [4.69, 9.17) is 0 Å². The number of amides is 3. The third-order valence-corrected chi connectivity index (χ3v) is 4.54. The molecule has 2 aromatic rings. The van der Waals surface area contributed by atoms with E-state index in [1.165, 1.54) is 28.4 Å². The van der Waals surface area contributed by atoms with Crippen LogP contribution in [0.5, 0.6) is 0 Å². The Hall–Kier alpha value is -2.55. The first-order chi connectivity index (χ1) is 12.0. The Morgan fingerprint density at radius 3 is 2.76 bits per heavy atom. The number of anilines is 1. The summed E-state index contributed by atoms with van der Waals surface area (Å²) >= 11 is 1.31. The molecule has 0 atom stereocenters. The smallest absolute Gasteiger partial charge is 0.323 e. The molecule has 3 rings (SSSR count). The van der Waals surface area contributed by atoms with E-state index in [-0.39, 0.29) is 24.9 Å². The normalized spacial score (nSPS) is 13.8. The first kappa shape index (κ1) is 17.3. The van der Waals surface area contributed by atoms with E-state index in [0.29, 0.717) is 35.9 Å². The molecular weight excluding hydrogens is 350 g/mol. The van der Waals surface area contributed by atoms with Gasteiger partial charge in [0.2, 0.25) is 5.91 Å². The van der Waals surface area contributed by atoms with Crippen LogP contribution in [0.15, 0.2) is 23.6 Å². The lowest BCUT2D eigenvalue weighted by Crippen LogP contribution is -2.28. The van der Waals surface area contributed by atoms with Crippen LogP contribution in [0.3, 0.4) is 0 Å². The van der Waals surface area contributed by atoms with Crippen molar-refractivity contribution in [3.63, 3.8) is 0 Å². The number of urea groups is 1. The maximum Gasteiger partial charge on any atom is 0.323 e. The third kappa shape index (κ3) is 4.50. The maximum absolute atomic E-state index is 13.1. The Balaban J connectivity index is 1.48. The number of nitrogens with one attached hydrogen (secondary N) is 2. The van der Waals surface area contributed by atoms with Crippen LogP contribution in [0.2, 0.25) is 0 Å². The second-order valence-electron chi connectivity index (χ2n) is 5.56. The molecule has 0 saturated carbocycles. The van der Waals surface area contributed by atoms with Crippen molar-refractivity contribution in [3.8, 4) is 0 Å². The van der Waals surface area contributed by atoms with Crippen LogP contribution < -0.4 is 15.5 Å². The Kier molecular flexibility index (Phi) is 5.22. The second-order valence-corrected chi connectivity index (χ2v) is 6.40. The minimum atomic E-state index is -0.637. The van der Waals surface area contributed by atoms with E-state index >= 15 is 0 Å². The lowest BCUT2D eigenvalue weighted by molar-refractivity contribution is -0.120. The van der Waals surface area contributed by atoms with Crippen LogP contribution in [-0.2, 0) is 17.6 Å². The Morgan fingerprint density at radius 1 is 1.32 bits per heavy atom. The minimum absolute atomic E-state index is 0.0868. The van der Waals surface area contributed by atoms with E-state index in [2.05, 4.69) is 15.6 Å². The molecule has 0 radical (unpaired) electrons. The number of hydrogen-bond donors (Lipinski definition) is 2. The maximum atomic E-state index is 13.1. The highest BCUT2D eigenvalue weighted by Crippen LogP contribution is 2.22. The molecule has 9 heteroatoms. The summed E-state index contributed by atoms with van der Waals surface area (Å²) in [5, 5.41) is 7.69. The van der Waals surface area contributed by atoms with Gasteiger partial charge in [-0.15, -0.1) is 11.3 Å². The Labute approximate surface area is 146 Å². The van der Waals surface area contributed by atoms with Gasteiger partial charge in [-0.25, -0.2) is 18.6 Å². The monoisotopic (exact) mass is 366 g/mol. The van der Waals surface area contributed by atoms with Crippen LogP contribution in [-0.4, -0.2) is 36.6 Å². The summed E-state index contributed by atoms with van der Waals surface area (Å²) < 4.78 is 26.2. The first-order valence-electron chi connectivity index (χ1n) is 7.73. The van der Waals surface area contributed by atoms with Crippen LogP contribution >= 0.6 is 11.3 Å². The van der Waals surface area contributed by atoms with E-state index in [1.807, 2.05) is 0 Å². The minimum Gasteiger partial charge on any atom is -0.355 e. The fourth-order valence-corrected chi connectivity index (χ4v) is 3.33. The van der Waals surface area contributed by atoms with Crippen LogP contribution in [0.25, 0.3) is 0 Å². The van der Waals surface area contributed by atoms with Gasteiger partial charge >= 0.3 is 6.03 Å². The lowest BCUT2D eigenvalue weighted by atomic mass is 10.1. The molecule has 25 heavy (non-hydrogen) atoms. The highest BCUT2D eigenvalue weighted by molar-refractivity contribution is 7.14. The highest BCUT2D eigenvalue weighted by Gasteiger charge is 2.24. The molecule has 6 nitrogen and oxygen atoms in total. The Morgan fingerprint density at radius 2 is 2.08 bits per heavy atom. The summed E-state index contributed by atoms with van der Waals surface area (Å²) in [6, 6.07) is 3.10. The third-order valence-electron chi connectivity index (χ3n) is 3.63. The van der Waals surface area contributed by atoms with E-state index < -0.39 is 11.6 Å². The van der Waals surface area contributed by atoms with Crippen molar-refractivity contribution in [1.82, 2.24) is 15.6 Å². The molecule has 1 aliphatic heterocycles. The largest absolute Gasteiger partial charge is 0.355 e. The summed E-state index contributed by atoms with van der Waals surface area (Å²) in [6.07, 6.45) is 0.417. The summed E-state index contributed by atoms with van der Waals surface area (Å²) in [6.45, 7) is 1.41. The number of aromatic nitrogens is 1. The topological polar surface area (TPSA) is 74.3 Å².